The smallest absolute Gasteiger partial charge is 0.330 e. The monoisotopic (exact) mass is 496 g/mol. The van der Waals surface area contributed by atoms with Gasteiger partial charge in [0.05, 0.1) is 5.92 Å². The molecule has 0 aromatic carbocycles. The van der Waals surface area contributed by atoms with Gasteiger partial charge in [0.1, 0.15) is 18.2 Å². The number of amides is 1. The molecule has 1 fully saturated rings. The van der Waals surface area contributed by atoms with Gasteiger partial charge in [-0.2, -0.15) is 0 Å². The fraction of sp³-hybridized carbons (Fsp3) is 0.893. The van der Waals surface area contributed by atoms with Crippen molar-refractivity contribution in [3.05, 3.63) is 0 Å². The van der Waals surface area contributed by atoms with Crippen LogP contribution in [0.25, 0.3) is 0 Å². The molecule has 0 radical (unpaired) electrons. The SMILES string of the molecule is CCCCCCCCCCC[C@@H](C[C@@H]1OC(=O)[C@H]1CCCCCC)OC(=O)[C@H](CN(C)C)NC=O. The third-order valence-electron chi connectivity index (χ3n) is 6.90. The van der Waals surface area contributed by atoms with E-state index in [2.05, 4.69) is 19.2 Å². The second kappa shape index (κ2) is 19.5. The van der Waals surface area contributed by atoms with Gasteiger partial charge in [0, 0.05) is 13.0 Å². The van der Waals surface area contributed by atoms with Crippen molar-refractivity contribution in [3.8, 4) is 0 Å². The van der Waals surface area contributed by atoms with Crippen LogP contribution in [0, 0.1) is 5.92 Å². The Morgan fingerprint density at radius 2 is 1.54 bits per heavy atom. The first-order valence-corrected chi connectivity index (χ1v) is 14.2. The Kier molecular flexibility index (Phi) is 17.5. The lowest BCUT2D eigenvalue weighted by Gasteiger charge is -2.37. The summed E-state index contributed by atoms with van der Waals surface area (Å²) < 4.78 is 11.4. The minimum Gasteiger partial charge on any atom is -0.461 e. The molecule has 7 heteroatoms. The van der Waals surface area contributed by atoms with E-state index in [1.165, 1.54) is 51.4 Å². The Morgan fingerprint density at radius 1 is 0.971 bits per heavy atom. The zero-order chi connectivity index (χ0) is 25.9. The Labute approximate surface area is 214 Å². The molecule has 0 saturated carbocycles. The Hall–Kier alpha value is -1.63. The van der Waals surface area contributed by atoms with Crippen molar-refractivity contribution >= 4 is 18.3 Å². The molecule has 204 valence electrons. The highest BCUT2D eigenvalue weighted by atomic mass is 16.6. The number of rotatable bonds is 23. The fourth-order valence-electron chi connectivity index (χ4n) is 4.76. The number of cyclic esters (lactones) is 1. The standard InChI is InChI=1S/C28H52N2O5/c1-5-7-9-11-12-13-14-15-16-18-23(34-28(33)25(29-22-31)21-30(3)4)20-26-24(27(32)35-26)19-17-10-8-6-2/h22-26H,5-21H2,1-4H3,(H,29,31)/t23-,24-,25-,26-/m0/s1. The molecule has 0 unspecified atom stereocenters. The first-order chi connectivity index (χ1) is 16.9. The van der Waals surface area contributed by atoms with Crippen LogP contribution in [0.2, 0.25) is 0 Å². The summed E-state index contributed by atoms with van der Waals surface area (Å²) in [5.74, 6) is -0.619. The number of ether oxygens (including phenoxy) is 2. The maximum atomic E-state index is 12.8. The lowest BCUT2D eigenvalue weighted by Crippen LogP contribution is -2.49. The molecular weight excluding hydrogens is 444 g/mol. The molecular formula is C28H52N2O5. The largest absolute Gasteiger partial charge is 0.461 e. The predicted molar refractivity (Wildman–Crippen MR) is 140 cm³/mol. The van der Waals surface area contributed by atoms with Gasteiger partial charge in [-0.1, -0.05) is 90.9 Å². The predicted octanol–water partition coefficient (Wildman–Crippen LogP) is 5.40. The van der Waals surface area contributed by atoms with Gasteiger partial charge < -0.3 is 19.7 Å². The van der Waals surface area contributed by atoms with E-state index in [1.807, 2.05) is 19.0 Å². The number of carbonyl (C=O) groups is 3. The fourth-order valence-corrected chi connectivity index (χ4v) is 4.76. The normalized spacial score (nSPS) is 19.1. The van der Waals surface area contributed by atoms with E-state index in [0.717, 1.165) is 44.9 Å². The molecule has 1 amide bonds. The van der Waals surface area contributed by atoms with Gasteiger partial charge in [0.15, 0.2) is 0 Å². The van der Waals surface area contributed by atoms with Crippen molar-refractivity contribution in [2.45, 2.75) is 135 Å². The molecule has 1 heterocycles. The van der Waals surface area contributed by atoms with Crippen molar-refractivity contribution in [2.75, 3.05) is 20.6 Å². The molecule has 0 aliphatic carbocycles. The zero-order valence-electron chi connectivity index (χ0n) is 22.9. The maximum Gasteiger partial charge on any atom is 0.330 e. The van der Waals surface area contributed by atoms with Gasteiger partial charge in [-0.3, -0.25) is 9.59 Å². The van der Waals surface area contributed by atoms with Gasteiger partial charge in [0.25, 0.3) is 0 Å². The number of esters is 2. The van der Waals surface area contributed by atoms with Gasteiger partial charge in [-0.05, 0) is 33.4 Å². The van der Waals surface area contributed by atoms with Gasteiger partial charge >= 0.3 is 11.9 Å². The van der Waals surface area contributed by atoms with E-state index in [4.69, 9.17) is 9.47 Å². The number of nitrogens with one attached hydrogen (secondary N) is 1. The first kappa shape index (κ1) is 31.4. The summed E-state index contributed by atoms with van der Waals surface area (Å²) in [7, 11) is 3.70. The molecule has 0 spiro atoms. The highest BCUT2D eigenvalue weighted by Crippen LogP contribution is 2.32. The van der Waals surface area contributed by atoms with E-state index in [9.17, 15) is 14.4 Å². The second-order valence-electron chi connectivity index (χ2n) is 10.4. The van der Waals surface area contributed by atoms with Crippen LogP contribution < -0.4 is 5.32 Å². The average Bonchev–Trinajstić information content (AvgIpc) is 2.81. The lowest BCUT2D eigenvalue weighted by molar-refractivity contribution is -0.190. The van der Waals surface area contributed by atoms with E-state index >= 15 is 0 Å². The van der Waals surface area contributed by atoms with Crippen LogP contribution in [-0.4, -0.2) is 62.1 Å². The quantitative estimate of drug-likeness (QED) is 0.116. The molecule has 1 aliphatic rings. The Balaban J connectivity index is 2.58. The first-order valence-electron chi connectivity index (χ1n) is 14.2. The van der Waals surface area contributed by atoms with Gasteiger partial charge in [-0.25, -0.2) is 4.79 Å². The molecule has 1 N–H and O–H groups in total. The zero-order valence-corrected chi connectivity index (χ0v) is 22.9. The van der Waals surface area contributed by atoms with Gasteiger partial charge in [-0.15, -0.1) is 0 Å². The molecule has 1 rings (SSSR count). The number of nitrogens with zero attached hydrogens (tertiary/aromatic N) is 1. The molecule has 0 aromatic rings. The molecule has 0 aromatic heterocycles. The average molecular weight is 497 g/mol. The molecule has 35 heavy (non-hydrogen) atoms. The minimum absolute atomic E-state index is 0.0816. The van der Waals surface area contributed by atoms with Crippen molar-refractivity contribution in [3.63, 3.8) is 0 Å². The summed E-state index contributed by atoms with van der Waals surface area (Å²) in [6, 6.07) is -0.707. The molecule has 4 atom stereocenters. The van der Waals surface area contributed by atoms with Crippen LogP contribution in [0.15, 0.2) is 0 Å². The summed E-state index contributed by atoms with van der Waals surface area (Å²) in [4.78, 5) is 37.8. The Morgan fingerprint density at radius 3 is 2.09 bits per heavy atom. The molecule has 0 bridgehead atoms. The van der Waals surface area contributed by atoms with Crippen molar-refractivity contribution in [1.82, 2.24) is 10.2 Å². The van der Waals surface area contributed by atoms with E-state index < -0.39 is 12.0 Å². The number of hydrogen-bond donors (Lipinski definition) is 1. The van der Waals surface area contributed by atoms with E-state index in [1.54, 1.807) is 0 Å². The van der Waals surface area contributed by atoms with E-state index in [-0.39, 0.29) is 24.1 Å². The highest BCUT2D eigenvalue weighted by molar-refractivity contribution is 5.79. The summed E-state index contributed by atoms with van der Waals surface area (Å²) in [5, 5.41) is 2.58. The number of unbranched alkanes of at least 4 members (excludes halogenated alkanes) is 11. The van der Waals surface area contributed by atoms with Crippen LogP contribution in [0.1, 0.15) is 117 Å². The molecule has 7 nitrogen and oxygen atoms in total. The Bertz CT molecular complexity index is 584. The van der Waals surface area contributed by atoms with E-state index in [0.29, 0.717) is 19.4 Å². The van der Waals surface area contributed by atoms with Gasteiger partial charge in [0.2, 0.25) is 6.41 Å². The molecule has 1 saturated heterocycles. The highest BCUT2D eigenvalue weighted by Gasteiger charge is 2.43. The summed E-state index contributed by atoms with van der Waals surface area (Å²) in [6.45, 7) is 4.79. The molecule has 1 aliphatic heterocycles. The third-order valence-corrected chi connectivity index (χ3v) is 6.90. The number of carbonyl (C=O) groups excluding carboxylic acids is 3. The summed E-state index contributed by atoms with van der Waals surface area (Å²) in [5.41, 5.74) is 0. The van der Waals surface area contributed by atoms with Crippen molar-refractivity contribution < 1.29 is 23.9 Å². The van der Waals surface area contributed by atoms with Crippen LogP contribution in [-0.2, 0) is 23.9 Å². The second-order valence-corrected chi connectivity index (χ2v) is 10.4. The number of likely N-dealkylation sites (N-methyl/N-ethyl adjacent to an activating group) is 1. The topological polar surface area (TPSA) is 84.9 Å². The minimum atomic E-state index is -0.707. The van der Waals surface area contributed by atoms with Crippen LogP contribution in [0.5, 0.6) is 0 Å². The summed E-state index contributed by atoms with van der Waals surface area (Å²) >= 11 is 0. The van der Waals surface area contributed by atoms with Crippen LogP contribution in [0.3, 0.4) is 0 Å². The van der Waals surface area contributed by atoms with Crippen LogP contribution >= 0.6 is 0 Å². The number of hydrogen-bond acceptors (Lipinski definition) is 6. The summed E-state index contributed by atoms with van der Waals surface area (Å²) in [6.07, 6.45) is 17.8. The third kappa shape index (κ3) is 13.9. The van der Waals surface area contributed by atoms with Crippen molar-refractivity contribution in [2.24, 2.45) is 5.92 Å². The lowest BCUT2D eigenvalue weighted by atomic mass is 9.86. The van der Waals surface area contributed by atoms with Crippen LogP contribution in [0.4, 0.5) is 0 Å². The maximum absolute atomic E-state index is 12.8. The van der Waals surface area contributed by atoms with Crippen molar-refractivity contribution in [1.29, 1.82) is 0 Å².